The highest BCUT2D eigenvalue weighted by molar-refractivity contribution is 6.07. The average molecular weight is 536 g/mol. The average Bonchev–Trinajstić information content (AvgIpc) is 3.49. The molecule has 5 aromatic rings. The van der Waals surface area contributed by atoms with Crippen LogP contribution < -0.4 is 5.32 Å². The second-order valence-electron chi connectivity index (χ2n) is 9.03. The third-order valence-electron chi connectivity index (χ3n) is 6.63. The summed E-state index contributed by atoms with van der Waals surface area (Å²) in [4.78, 5) is 12.7. The molecule has 2 heterocycles. The minimum absolute atomic E-state index is 0.0485. The zero-order valence-electron chi connectivity index (χ0n) is 20.5. The minimum atomic E-state index is -5.13. The molecular weight excluding hydrogens is 514 g/mol. The van der Waals surface area contributed by atoms with E-state index < -0.39 is 34.6 Å². The smallest absolute Gasteiger partial charge is 0.372 e. The summed E-state index contributed by atoms with van der Waals surface area (Å²) in [6.45, 7) is 0.0844. The predicted octanol–water partition coefficient (Wildman–Crippen LogP) is 5.10. The molecule has 3 aromatic carbocycles. The Balaban J connectivity index is 1.65. The van der Waals surface area contributed by atoms with E-state index in [0.29, 0.717) is 16.6 Å². The van der Waals surface area contributed by atoms with Crippen molar-refractivity contribution in [1.82, 2.24) is 19.7 Å². The summed E-state index contributed by atoms with van der Waals surface area (Å²) in [5.74, 6) is -0.987. The molecule has 0 radical (unpaired) electrons. The molecule has 1 atom stereocenters. The molecule has 0 fully saturated rings. The minimum Gasteiger partial charge on any atom is -0.372 e. The summed E-state index contributed by atoms with van der Waals surface area (Å²) in [5.41, 5.74) is -3.00. The van der Waals surface area contributed by atoms with Crippen molar-refractivity contribution in [3.05, 3.63) is 95.6 Å². The zero-order chi connectivity index (χ0) is 27.9. The van der Waals surface area contributed by atoms with Crippen molar-refractivity contribution < 1.29 is 27.5 Å². The van der Waals surface area contributed by atoms with E-state index in [4.69, 9.17) is 5.26 Å². The Labute approximate surface area is 219 Å². The van der Waals surface area contributed by atoms with Crippen LogP contribution in [0.3, 0.4) is 0 Å². The number of aliphatic hydroxyl groups is 1. The van der Waals surface area contributed by atoms with Crippen molar-refractivity contribution in [1.29, 1.82) is 5.26 Å². The van der Waals surface area contributed by atoms with Crippen molar-refractivity contribution in [2.75, 3.05) is 6.54 Å². The fourth-order valence-corrected chi connectivity index (χ4v) is 4.79. The van der Waals surface area contributed by atoms with E-state index in [1.54, 1.807) is 0 Å². The van der Waals surface area contributed by atoms with Crippen LogP contribution in [0.4, 0.5) is 17.6 Å². The number of hydrogen-bond acceptors (Lipinski definition) is 4. The highest BCUT2D eigenvalue weighted by atomic mass is 19.4. The van der Waals surface area contributed by atoms with Crippen LogP contribution in [0.5, 0.6) is 0 Å². The standard InChI is InChI=1S/C28H21F4N5O2/c1-36-16-23(21-4-2-5-22(25(21)36)26(38)34-13-3-12-33)27(39,28(30,31)32)18-6-11-24-17(14-18)15-35-37(24)20-9-7-19(29)8-10-20/h2,4-11,14-16,39H,3,13H2,1H3,(H,34,38). The lowest BCUT2D eigenvalue weighted by Gasteiger charge is -2.31. The molecule has 0 bridgehead atoms. The number of hydrogen-bond donors (Lipinski definition) is 2. The molecule has 0 saturated heterocycles. The topological polar surface area (TPSA) is 95.9 Å². The third kappa shape index (κ3) is 4.28. The molecule has 2 N–H and O–H groups in total. The molecule has 39 heavy (non-hydrogen) atoms. The molecule has 0 saturated carbocycles. The van der Waals surface area contributed by atoms with Crippen molar-refractivity contribution in [3.63, 3.8) is 0 Å². The number of benzene rings is 3. The number of rotatable bonds is 6. The van der Waals surface area contributed by atoms with Gasteiger partial charge in [0.2, 0.25) is 5.60 Å². The van der Waals surface area contributed by atoms with Gasteiger partial charge in [0.1, 0.15) is 5.82 Å². The summed E-state index contributed by atoms with van der Waals surface area (Å²) in [6.07, 6.45) is -2.52. The number of carbonyl (C=O) groups excluding carboxylic acids is 1. The number of fused-ring (bicyclic) bond motifs is 2. The molecule has 2 aromatic heterocycles. The van der Waals surface area contributed by atoms with Gasteiger partial charge in [0.05, 0.1) is 41.0 Å². The fourth-order valence-electron chi connectivity index (χ4n) is 4.79. The highest BCUT2D eigenvalue weighted by Gasteiger charge is 2.57. The van der Waals surface area contributed by atoms with Gasteiger partial charge in [-0.3, -0.25) is 4.79 Å². The van der Waals surface area contributed by atoms with Crippen LogP contribution in [0.25, 0.3) is 27.5 Å². The normalized spacial score (nSPS) is 13.4. The first-order valence-corrected chi connectivity index (χ1v) is 11.8. The molecule has 0 spiro atoms. The Morgan fingerprint density at radius 3 is 2.56 bits per heavy atom. The monoisotopic (exact) mass is 535 g/mol. The first kappa shape index (κ1) is 25.9. The van der Waals surface area contributed by atoms with Gasteiger partial charge in [0, 0.05) is 36.1 Å². The molecular formula is C28H21F4N5O2. The number of para-hydroxylation sites is 1. The lowest BCUT2D eigenvalue weighted by molar-refractivity contribution is -0.247. The Morgan fingerprint density at radius 1 is 1.13 bits per heavy atom. The summed E-state index contributed by atoms with van der Waals surface area (Å²) in [5, 5.41) is 27.4. The number of aryl methyl sites for hydroxylation is 1. The first-order chi connectivity index (χ1) is 18.6. The number of amides is 1. The van der Waals surface area contributed by atoms with E-state index in [2.05, 4.69) is 10.4 Å². The van der Waals surface area contributed by atoms with Gasteiger partial charge in [-0.05, 0) is 48.0 Å². The second kappa shape index (κ2) is 9.56. The molecule has 7 nitrogen and oxygen atoms in total. The van der Waals surface area contributed by atoms with Crippen LogP contribution in [0.2, 0.25) is 0 Å². The van der Waals surface area contributed by atoms with Crippen molar-refractivity contribution in [3.8, 4) is 11.8 Å². The SMILES string of the molecule is Cn1cc(C(O)(c2ccc3c(cnn3-c3ccc(F)cc3)c2)C(F)(F)F)c2cccc(C(=O)NCCC#N)c21. The number of nitrogens with zero attached hydrogens (tertiary/aromatic N) is 4. The maximum atomic E-state index is 14.8. The van der Waals surface area contributed by atoms with Crippen LogP contribution in [0.15, 0.2) is 73.1 Å². The molecule has 1 amide bonds. The van der Waals surface area contributed by atoms with Crippen LogP contribution in [-0.4, -0.2) is 38.1 Å². The van der Waals surface area contributed by atoms with Crippen molar-refractivity contribution >= 4 is 27.7 Å². The summed E-state index contributed by atoms with van der Waals surface area (Å²) >= 11 is 0. The number of nitrogens with one attached hydrogen (secondary N) is 1. The van der Waals surface area contributed by atoms with Gasteiger partial charge >= 0.3 is 6.18 Å². The van der Waals surface area contributed by atoms with E-state index in [9.17, 15) is 27.5 Å². The van der Waals surface area contributed by atoms with E-state index in [1.165, 1.54) is 83.2 Å². The van der Waals surface area contributed by atoms with Gasteiger partial charge in [-0.15, -0.1) is 0 Å². The maximum absolute atomic E-state index is 14.8. The Hall–Kier alpha value is -4.69. The molecule has 0 aliphatic rings. The van der Waals surface area contributed by atoms with E-state index in [1.807, 2.05) is 6.07 Å². The van der Waals surface area contributed by atoms with Gasteiger partial charge in [-0.1, -0.05) is 18.2 Å². The molecule has 1 unspecified atom stereocenters. The van der Waals surface area contributed by atoms with E-state index in [0.717, 1.165) is 6.20 Å². The first-order valence-electron chi connectivity index (χ1n) is 11.8. The van der Waals surface area contributed by atoms with Gasteiger partial charge < -0.3 is 15.0 Å². The van der Waals surface area contributed by atoms with Crippen LogP contribution in [-0.2, 0) is 12.6 Å². The number of nitriles is 1. The van der Waals surface area contributed by atoms with Gasteiger partial charge in [0.15, 0.2) is 0 Å². The van der Waals surface area contributed by atoms with E-state index >= 15 is 0 Å². The maximum Gasteiger partial charge on any atom is 0.425 e. The number of carbonyl (C=O) groups is 1. The number of alkyl halides is 3. The summed E-state index contributed by atoms with van der Waals surface area (Å²) in [6, 6.07) is 15.5. The lowest BCUT2D eigenvalue weighted by atomic mass is 9.84. The fraction of sp³-hybridized carbons (Fsp3) is 0.179. The Kier molecular flexibility index (Phi) is 6.36. The molecule has 0 aliphatic carbocycles. The van der Waals surface area contributed by atoms with Crippen LogP contribution >= 0.6 is 0 Å². The summed E-state index contributed by atoms with van der Waals surface area (Å²) < 4.78 is 60.5. The van der Waals surface area contributed by atoms with Gasteiger partial charge in [-0.25, -0.2) is 9.07 Å². The van der Waals surface area contributed by atoms with Crippen LogP contribution in [0, 0.1) is 17.1 Å². The van der Waals surface area contributed by atoms with Crippen molar-refractivity contribution in [2.24, 2.45) is 7.05 Å². The number of aromatic nitrogens is 3. The molecule has 0 aliphatic heterocycles. The van der Waals surface area contributed by atoms with E-state index in [-0.39, 0.29) is 29.4 Å². The zero-order valence-corrected chi connectivity index (χ0v) is 20.5. The third-order valence-corrected chi connectivity index (χ3v) is 6.63. The molecule has 198 valence electrons. The van der Waals surface area contributed by atoms with Gasteiger partial charge in [-0.2, -0.15) is 23.5 Å². The molecule has 11 heteroatoms. The second-order valence-corrected chi connectivity index (χ2v) is 9.03. The van der Waals surface area contributed by atoms with Crippen LogP contribution in [0.1, 0.15) is 27.9 Å². The van der Waals surface area contributed by atoms with Crippen molar-refractivity contribution in [2.45, 2.75) is 18.2 Å². The summed E-state index contributed by atoms with van der Waals surface area (Å²) in [7, 11) is 1.49. The Bertz CT molecular complexity index is 1750. The number of halogens is 4. The predicted molar refractivity (Wildman–Crippen MR) is 136 cm³/mol. The lowest BCUT2D eigenvalue weighted by Crippen LogP contribution is -2.43. The quantitative estimate of drug-likeness (QED) is 0.234. The molecule has 5 rings (SSSR count). The van der Waals surface area contributed by atoms with Gasteiger partial charge in [0.25, 0.3) is 5.91 Å². The highest BCUT2D eigenvalue weighted by Crippen LogP contribution is 2.47. The largest absolute Gasteiger partial charge is 0.425 e. The Morgan fingerprint density at radius 2 is 1.87 bits per heavy atom.